The molecule has 4 N–H and O–H groups in total. The Balaban J connectivity index is 0.000000696. The highest BCUT2D eigenvalue weighted by molar-refractivity contribution is 7.85. The van der Waals surface area contributed by atoms with Crippen molar-refractivity contribution >= 4 is 32.9 Å². The molecular formula is C19H23F3N6O4S. The quantitative estimate of drug-likeness (QED) is 0.387. The Morgan fingerprint density at radius 1 is 1.21 bits per heavy atom. The third-order valence-corrected chi connectivity index (χ3v) is 4.41. The van der Waals surface area contributed by atoms with E-state index in [9.17, 15) is 26.4 Å². The minimum atomic E-state index is -4.48. The van der Waals surface area contributed by atoms with Gasteiger partial charge in [-0.2, -0.15) is 21.6 Å². The Kier molecular flexibility index (Phi) is 7.97. The zero-order valence-electron chi connectivity index (χ0n) is 17.9. The molecular weight excluding hydrogens is 465 g/mol. The second kappa shape index (κ2) is 10.1. The first kappa shape index (κ1) is 26.0. The number of carbonyl (C=O) groups is 1. The number of alkyl halides is 3. The maximum absolute atomic E-state index is 12.4. The van der Waals surface area contributed by atoms with E-state index in [1.54, 1.807) is 31.5 Å². The summed E-state index contributed by atoms with van der Waals surface area (Å²) in [7, 11) is -3.67. The summed E-state index contributed by atoms with van der Waals surface area (Å²) in [4.78, 5) is 28.2. The molecule has 0 aliphatic heterocycles. The van der Waals surface area contributed by atoms with E-state index in [0.717, 1.165) is 10.9 Å². The summed E-state index contributed by atoms with van der Waals surface area (Å²) >= 11 is 0. The third kappa shape index (κ3) is 7.98. The number of fused-ring (bicyclic) bond motifs is 1. The van der Waals surface area contributed by atoms with Crippen LogP contribution in [0, 0.1) is 0 Å². The van der Waals surface area contributed by atoms with Crippen molar-refractivity contribution < 1.29 is 30.9 Å². The van der Waals surface area contributed by atoms with Gasteiger partial charge in [0.2, 0.25) is 5.91 Å². The van der Waals surface area contributed by atoms with Gasteiger partial charge in [0.15, 0.2) is 5.82 Å². The van der Waals surface area contributed by atoms with E-state index < -0.39 is 34.3 Å². The lowest BCUT2D eigenvalue weighted by Gasteiger charge is -2.29. The fraction of sp³-hybridized carbons (Fsp3) is 0.368. The van der Waals surface area contributed by atoms with Crippen molar-refractivity contribution in [1.29, 1.82) is 0 Å². The molecule has 14 heteroatoms. The number of H-pyrrole nitrogens is 1. The van der Waals surface area contributed by atoms with Crippen LogP contribution in [0.2, 0.25) is 0 Å². The molecule has 1 amide bonds. The van der Waals surface area contributed by atoms with E-state index in [0.29, 0.717) is 23.5 Å². The van der Waals surface area contributed by atoms with Crippen LogP contribution >= 0.6 is 0 Å². The SMILES string of the molecule is CC[C@@](C)(Nc1ccnc(-c2c[nH]c3ncccc23)n1)C(=O)NCC(F)(F)F.CS(=O)(=O)O. The largest absolute Gasteiger partial charge is 0.405 e. The number of pyridine rings is 1. The molecule has 1 atom stereocenters. The Bertz CT molecular complexity index is 1210. The predicted octanol–water partition coefficient (Wildman–Crippen LogP) is 2.78. The van der Waals surface area contributed by atoms with E-state index in [-0.39, 0.29) is 6.42 Å². The molecule has 0 fully saturated rings. The second-order valence-electron chi connectivity index (χ2n) is 7.21. The summed E-state index contributed by atoms with van der Waals surface area (Å²) in [5.41, 5.74) is 0.148. The van der Waals surface area contributed by atoms with Crippen LogP contribution in [0.4, 0.5) is 19.0 Å². The van der Waals surface area contributed by atoms with E-state index >= 15 is 0 Å². The zero-order chi connectivity index (χ0) is 24.9. The number of nitrogens with one attached hydrogen (secondary N) is 3. The number of hydrogen-bond acceptors (Lipinski definition) is 7. The highest BCUT2D eigenvalue weighted by Crippen LogP contribution is 2.26. The van der Waals surface area contributed by atoms with Crippen molar-refractivity contribution in [3.05, 3.63) is 36.8 Å². The molecule has 0 saturated carbocycles. The number of hydrogen-bond donors (Lipinski definition) is 4. The first-order chi connectivity index (χ1) is 15.2. The average Bonchev–Trinajstić information content (AvgIpc) is 3.14. The van der Waals surface area contributed by atoms with Crippen molar-refractivity contribution in [2.24, 2.45) is 0 Å². The zero-order valence-corrected chi connectivity index (χ0v) is 18.8. The average molecular weight is 488 g/mol. The fourth-order valence-electron chi connectivity index (χ4n) is 2.66. The first-order valence-electron chi connectivity index (χ1n) is 9.53. The van der Waals surface area contributed by atoms with Crippen LogP contribution in [0.1, 0.15) is 20.3 Å². The Labute approximate surface area is 187 Å². The summed E-state index contributed by atoms with van der Waals surface area (Å²) in [5, 5.41) is 5.69. The topological polar surface area (TPSA) is 150 Å². The molecule has 0 spiro atoms. The van der Waals surface area contributed by atoms with Crippen molar-refractivity contribution in [2.45, 2.75) is 32.0 Å². The molecule has 3 heterocycles. The highest BCUT2D eigenvalue weighted by Gasteiger charge is 2.35. The molecule has 33 heavy (non-hydrogen) atoms. The van der Waals surface area contributed by atoms with Gasteiger partial charge in [0.1, 0.15) is 23.5 Å². The lowest BCUT2D eigenvalue weighted by molar-refractivity contribution is -0.140. The summed E-state index contributed by atoms with van der Waals surface area (Å²) in [6.45, 7) is 1.84. The number of aromatic amines is 1. The lowest BCUT2D eigenvalue weighted by atomic mass is 9.97. The first-order valence-corrected chi connectivity index (χ1v) is 11.4. The number of carbonyl (C=O) groups excluding carboxylic acids is 1. The molecule has 0 radical (unpaired) electrons. The monoisotopic (exact) mass is 488 g/mol. The van der Waals surface area contributed by atoms with Gasteiger partial charge in [-0.3, -0.25) is 9.35 Å². The van der Waals surface area contributed by atoms with Gasteiger partial charge in [0, 0.05) is 29.5 Å². The Morgan fingerprint density at radius 2 is 1.88 bits per heavy atom. The molecule has 0 unspecified atom stereocenters. The van der Waals surface area contributed by atoms with E-state index in [1.807, 2.05) is 11.4 Å². The molecule has 3 aromatic rings. The normalized spacial score (nSPS) is 13.5. The standard InChI is InChI=1S/C18H19F3N6O.CH4O3S/c1-3-17(2,16(28)25-10-18(19,20)21)27-13-6-8-23-15(26-13)12-9-24-14-11(12)5-4-7-22-14;1-5(2,3)4/h4-9H,3,10H2,1-2H3,(H,22,24)(H,25,28)(H,23,26,27);1H3,(H,2,3,4)/t17-;/m1./s1. The summed E-state index contributed by atoms with van der Waals surface area (Å²) in [5.74, 6) is -0.0306. The van der Waals surface area contributed by atoms with E-state index in [2.05, 4.69) is 25.3 Å². The highest BCUT2D eigenvalue weighted by atomic mass is 32.2. The maximum Gasteiger partial charge on any atom is 0.405 e. The second-order valence-corrected chi connectivity index (χ2v) is 8.67. The number of halogens is 3. The van der Waals surface area contributed by atoms with Crippen LogP contribution in [-0.4, -0.2) is 63.3 Å². The van der Waals surface area contributed by atoms with Gasteiger partial charge in [-0.25, -0.2) is 15.0 Å². The van der Waals surface area contributed by atoms with Crippen LogP contribution in [-0.2, 0) is 14.9 Å². The van der Waals surface area contributed by atoms with Crippen LogP contribution in [0.5, 0.6) is 0 Å². The molecule has 0 aliphatic carbocycles. The molecule has 0 saturated heterocycles. The predicted molar refractivity (Wildman–Crippen MR) is 116 cm³/mol. The van der Waals surface area contributed by atoms with Crippen molar-refractivity contribution in [3.63, 3.8) is 0 Å². The van der Waals surface area contributed by atoms with Crippen LogP contribution in [0.3, 0.4) is 0 Å². The minimum Gasteiger partial charge on any atom is -0.356 e. The Morgan fingerprint density at radius 3 is 2.48 bits per heavy atom. The number of rotatable bonds is 6. The van der Waals surface area contributed by atoms with Crippen LogP contribution in [0.25, 0.3) is 22.4 Å². The van der Waals surface area contributed by atoms with Gasteiger partial charge < -0.3 is 15.6 Å². The van der Waals surface area contributed by atoms with Gasteiger partial charge in [-0.15, -0.1) is 0 Å². The summed E-state index contributed by atoms with van der Waals surface area (Å²) in [6, 6.07) is 5.22. The third-order valence-electron chi connectivity index (χ3n) is 4.41. The molecule has 0 bridgehead atoms. The summed E-state index contributed by atoms with van der Waals surface area (Å²) in [6.07, 6.45) is 1.40. The number of aromatic nitrogens is 4. The molecule has 10 nitrogen and oxygen atoms in total. The van der Waals surface area contributed by atoms with Gasteiger partial charge in [0.25, 0.3) is 10.1 Å². The fourth-order valence-corrected chi connectivity index (χ4v) is 2.66. The van der Waals surface area contributed by atoms with Crippen LogP contribution < -0.4 is 10.6 Å². The number of amides is 1. The van der Waals surface area contributed by atoms with Crippen molar-refractivity contribution in [3.8, 4) is 11.4 Å². The van der Waals surface area contributed by atoms with E-state index in [4.69, 9.17) is 4.55 Å². The maximum atomic E-state index is 12.4. The van der Waals surface area contributed by atoms with Gasteiger partial charge >= 0.3 is 6.18 Å². The van der Waals surface area contributed by atoms with Crippen molar-refractivity contribution in [2.75, 3.05) is 18.1 Å². The van der Waals surface area contributed by atoms with Crippen molar-refractivity contribution in [1.82, 2.24) is 25.3 Å². The Hall–Kier alpha value is -3.26. The van der Waals surface area contributed by atoms with Gasteiger partial charge in [-0.05, 0) is 31.5 Å². The lowest BCUT2D eigenvalue weighted by Crippen LogP contribution is -2.52. The number of anilines is 1. The number of nitrogens with zero attached hydrogens (tertiary/aromatic N) is 3. The smallest absolute Gasteiger partial charge is 0.356 e. The van der Waals surface area contributed by atoms with E-state index in [1.165, 1.54) is 13.1 Å². The van der Waals surface area contributed by atoms with Gasteiger partial charge in [-0.1, -0.05) is 6.92 Å². The van der Waals surface area contributed by atoms with Crippen LogP contribution in [0.15, 0.2) is 36.8 Å². The molecule has 3 aromatic heterocycles. The molecule has 0 aromatic carbocycles. The molecule has 180 valence electrons. The molecule has 0 aliphatic rings. The van der Waals surface area contributed by atoms with Gasteiger partial charge in [0.05, 0.1) is 6.26 Å². The molecule has 3 rings (SSSR count). The minimum absolute atomic E-state index is 0.257. The summed E-state index contributed by atoms with van der Waals surface area (Å²) < 4.78 is 63.1.